The molecule has 1 aliphatic rings. The van der Waals surface area contributed by atoms with Crippen LogP contribution in [0.3, 0.4) is 0 Å². The lowest BCUT2D eigenvalue weighted by atomic mass is 10.1. The zero-order valence-electron chi connectivity index (χ0n) is 12.8. The maximum Gasteiger partial charge on any atom is 0.251 e. The number of nitrogens with zero attached hydrogens (tertiary/aromatic N) is 1. The van der Waals surface area contributed by atoms with Crippen molar-refractivity contribution in [3.63, 3.8) is 0 Å². The van der Waals surface area contributed by atoms with Crippen LogP contribution in [0.1, 0.15) is 10.4 Å². The number of hydrogen-bond acceptors (Lipinski definition) is 4. The molecule has 2 amide bonds. The number of hydrogen-bond donors (Lipinski definition) is 2. The van der Waals surface area contributed by atoms with Gasteiger partial charge in [0.25, 0.3) is 5.91 Å². The van der Waals surface area contributed by atoms with Crippen molar-refractivity contribution >= 4 is 17.5 Å². The Labute approximate surface area is 134 Å². The molecule has 0 atom stereocenters. The van der Waals surface area contributed by atoms with Gasteiger partial charge in [-0.05, 0) is 24.3 Å². The molecule has 0 spiro atoms. The summed E-state index contributed by atoms with van der Waals surface area (Å²) in [5, 5.41) is 5.15. The first-order valence-electron chi connectivity index (χ1n) is 7.42. The maximum atomic E-state index is 14.2. The van der Waals surface area contributed by atoms with E-state index >= 15 is 0 Å². The number of carbonyl (C=O) groups excluding carboxylic acids is 2. The van der Waals surface area contributed by atoms with Crippen LogP contribution in [0, 0.1) is 5.82 Å². The van der Waals surface area contributed by atoms with Crippen molar-refractivity contribution in [1.29, 1.82) is 0 Å². The van der Waals surface area contributed by atoms with E-state index in [1.54, 1.807) is 12.1 Å². The Morgan fingerprint density at radius 1 is 1.26 bits per heavy atom. The van der Waals surface area contributed by atoms with Crippen LogP contribution in [0.15, 0.2) is 30.9 Å². The second kappa shape index (κ2) is 8.28. The van der Waals surface area contributed by atoms with Gasteiger partial charge in [-0.3, -0.25) is 9.59 Å². The SMILES string of the molecule is C=CC(=O)NCCNC(=O)c1ccc(N2CCOCC2)c(F)c1. The molecule has 7 heteroatoms. The zero-order valence-corrected chi connectivity index (χ0v) is 12.8. The van der Waals surface area contributed by atoms with Gasteiger partial charge in [-0.25, -0.2) is 4.39 Å². The minimum Gasteiger partial charge on any atom is -0.378 e. The Kier molecular flexibility index (Phi) is 6.10. The van der Waals surface area contributed by atoms with Crippen LogP contribution in [-0.2, 0) is 9.53 Å². The number of amides is 2. The van der Waals surface area contributed by atoms with E-state index in [1.807, 2.05) is 4.90 Å². The second-order valence-electron chi connectivity index (χ2n) is 5.02. The molecule has 23 heavy (non-hydrogen) atoms. The fourth-order valence-electron chi connectivity index (χ4n) is 2.24. The van der Waals surface area contributed by atoms with Crippen LogP contribution >= 0.6 is 0 Å². The van der Waals surface area contributed by atoms with Crippen molar-refractivity contribution in [2.24, 2.45) is 0 Å². The van der Waals surface area contributed by atoms with Gasteiger partial charge in [0.2, 0.25) is 5.91 Å². The van der Waals surface area contributed by atoms with E-state index in [0.29, 0.717) is 32.0 Å². The number of nitrogens with one attached hydrogen (secondary N) is 2. The van der Waals surface area contributed by atoms with Gasteiger partial charge < -0.3 is 20.3 Å². The number of rotatable bonds is 6. The average Bonchev–Trinajstić information content (AvgIpc) is 2.58. The standard InChI is InChI=1S/C16H20FN3O3/c1-2-15(21)18-5-6-19-16(22)12-3-4-14(13(17)11-12)20-7-9-23-10-8-20/h2-4,11H,1,5-10H2,(H,18,21)(H,19,22). The highest BCUT2D eigenvalue weighted by atomic mass is 19.1. The molecule has 2 rings (SSSR count). The molecule has 0 unspecified atom stereocenters. The van der Waals surface area contributed by atoms with Crippen molar-refractivity contribution in [2.45, 2.75) is 0 Å². The molecular formula is C16H20FN3O3. The van der Waals surface area contributed by atoms with Crippen LogP contribution < -0.4 is 15.5 Å². The number of anilines is 1. The van der Waals surface area contributed by atoms with Gasteiger partial charge in [0.1, 0.15) is 5.82 Å². The molecule has 1 aromatic carbocycles. The smallest absolute Gasteiger partial charge is 0.251 e. The molecule has 1 aliphatic heterocycles. The summed E-state index contributed by atoms with van der Waals surface area (Å²) in [5.74, 6) is -1.12. The van der Waals surface area contributed by atoms with E-state index in [-0.39, 0.29) is 30.5 Å². The minimum absolute atomic E-state index is 0.245. The summed E-state index contributed by atoms with van der Waals surface area (Å²) in [6.45, 7) is 6.26. The molecular weight excluding hydrogens is 301 g/mol. The zero-order chi connectivity index (χ0) is 16.7. The molecule has 1 aromatic rings. The Morgan fingerprint density at radius 3 is 2.61 bits per heavy atom. The predicted octanol–water partition coefficient (Wildman–Crippen LogP) is 0.694. The summed E-state index contributed by atoms with van der Waals surface area (Å²) in [6.07, 6.45) is 1.15. The third kappa shape index (κ3) is 4.79. The molecule has 0 radical (unpaired) electrons. The van der Waals surface area contributed by atoms with E-state index in [1.165, 1.54) is 6.07 Å². The van der Waals surface area contributed by atoms with Crippen molar-refractivity contribution in [1.82, 2.24) is 10.6 Å². The van der Waals surface area contributed by atoms with Gasteiger partial charge in [-0.2, -0.15) is 0 Å². The largest absolute Gasteiger partial charge is 0.378 e. The van der Waals surface area contributed by atoms with Gasteiger partial charge in [0.05, 0.1) is 18.9 Å². The number of halogens is 1. The summed E-state index contributed by atoms with van der Waals surface area (Å²) >= 11 is 0. The monoisotopic (exact) mass is 321 g/mol. The fraction of sp³-hybridized carbons (Fsp3) is 0.375. The van der Waals surface area contributed by atoms with Crippen molar-refractivity contribution in [2.75, 3.05) is 44.3 Å². The number of morpholine rings is 1. The van der Waals surface area contributed by atoms with Crippen molar-refractivity contribution < 1.29 is 18.7 Å². The molecule has 0 bridgehead atoms. The van der Waals surface area contributed by atoms with E-state index < -0.39 is 5.82 Å². The highest BCUT2D eigenvalue weighted by Gasteiger charge is 2.16. The Hall–Kier alpha value is -2.41. The lowest BCUT2D eigenvalue weighted by Gasteiger charge is -2.29. The van der Waals surface area contributed by atoms with Crippen LogP contribution in [-0.4, -0.2) is 51.2 Å². The van der Waals surface area contributed by atoms with Crippen LogP contribution in [0.25, 0.3) is 0 Å². The van der Waals surface area contributed by atoms with Crippen molar-refractivity contribution in [3.8, 4) is 0 Å². The Morgan fingerprint density at radius 2 is 1.96 bits per heavy atom. The van der Waals surface area contributed by atoms with E-state index in [9.17, 15) is 14.0 Å². The molecule has 0 saturated carbocycles. The molecule has 1 fully saturated rings. The molecule has 124 valence electrons. The van der Waals surface area contributed by atoms with Crippen LogP contribution in [0.2, 0.25) is 0 Å². The van der Waals surface area contributed by atoms with E-state index in [4.69, 9.17) is 4.74 Å². The Bertz CT molecular complexity index is 586. The summed E-state index contributed by atoms with van der Waals surface area (Å²) in [4.78, 5) is 24.8. The molecule has 2 N–H and O–H groups in total. The lowest BCUT2D eigenvalue weighted by molar-refractivity contribution is -0.116. The van der Waals surface area contributed by atoms with Gasteiger partial charge in [0, 0.05) is 31.7 Å². The fourth-order valence-corrected chi connectivity index (χ4v) is 2.24. The molecule has 1 heterocycles. The Balaban J connectivity index is 1.89. The van der Waals surface area contributed by atoms with E-state index in [0.717, 1.165) is 6.08 Å². The van der Waals surface area contributed by atoms with Crippen LogP contribution in [0.4, 0.5) is 10.1 Å². The van der Waals surface area contributed by atoms with Gasteiger partial charge in [-0.1, -0.05) is 6.58 Å². The molecule has 6 nitrogen and oxygen atoms in total. The summed E-state index contributed by atoms with van der Waals surface area (Å²) in [5.41, 5.74) is 0.720. The van der Waals surface area contributed by atoms with Crippen LogP contribution in [0.5, 0.6) is 0 Å². The first-order chi connectivity index (χ1) is 11.1. The first-order valence-corrected chi connectivity index (χ1v) is 7.42. The van der Waals surface area contributed by atoms with Gasteiger partial charge in [-0.15, -0.1) is 0 Å². The third-order valence-electron chi connectivity index (χ3n) is 3.46. The maximum absolute atomic E-state index is 14.2. The number of carbonyl (C=O) groups is 2. The average molecular weight is 321 g/mol. The highest BCUT2D eigenvalue weighted by molar-refractivity contribution is 5.94. The third-order valence-corrected chi connectivity index (χ3v) is 3.46. The number of benzene rings is 1. The quantitative estimate of drug-likeness (QED) is 0.597. The summed E-state index contributed by atoms with van der Waals surface area (Å²) < 4.78 is 19.4. The molecule has 0 aromatic heterocycles. The number of ether oxygens (including phenoxy) is 1. The first kappa shape index (κ1) is 17.0. The normalized spacial score (nSPS) is 14.2. The molecule has 0 aliphatic carbocycles. The van der Waals surface area contributed by atoms with Gasteiger partial charge in [0.15, 0.2) is 0 Å². The summed E-state index contributed by atoms with van der Waals surface area (Å²) in [6, 6.07) is 4.42. The lowest BCUT2D eigenvalue weighted by Crippen LogP contribution is -2.37. The topological polar surface area (TPSA) is 70.7 Å². The van der Waals surface area contributed by atoms with E-state index in [2.05, 4.69) is 17.2 Å². The predicted molar refractivity (Wildman–Crippen MR) is 85.0 cm³/mol. The summed E-state index contributed by atoms with van der Waals surface area (Å²) in [7, 11) is 0. The minimum atomic E-state index is -0.431. The highest BCUT2D eigenvalue weighted by Crippen LogP contribution is 2.21. The molecule has 1 saturated heterocycles. The van der Waals surface area contributed by atoms with Gasteiger partial charge >= 0.3 is 0 Å². The van der Waals surface area contributed by atoms with Crippen molar-refractivity contribution in [3.05, 3.63) is 42.2 Å². The second-order valence-corrected chi connectivity index (χ2v) is 5.02.